The first-order valence-electron chi connectivity index (χ1n) is 5.55. The summed E-state index contributed by atoms with van der Waals surface area (Å²) in [5.74, 6) is -0.541. The Morgan fingerprint density at radius 1 is 1.67 bits per heavy atom. The molecule has 0 aromatic heterocycles. The quantitative estimate of drug-likeness (QED) is 0.446. The van der Waals surface area contributed by atoms with Crippen LogP contribution in [0.2, 0.25) is 6.32 Å². The van der Waals surface area contributed by atoms with Gasteiger partial charge in [0.05, 0.1) is 0 Å². The maximum Gasteiger partial charge on any atom is 0.324 e. The second-order valence-electron chi connectivity index (χ2n) is 4.23. The molecular weight excluding hydrogens is 193 g/mol. The van der Waals surface area contributed by atoms with Crippen molar-refractivity contribution in [2.45, 2.75) is 44.0 Å². The Bertz CT molecular complexity index is 225. The van der Waals surface area contributed by atoms with Gasteiger partial charge in [-0.3, -0.25) is 4.79 Å². The molecule has 0 heterocycles. The van der Waals surface area contributed by atoms with Crippen LogP contribution in [0.3, 0.4) is 0 Å². The molecule has 5 heteroatoms. The van der Waals surface area contributed by atoms with E-state index in [1.165, 1.54) is 0 Å². The highest BCUT2D eigenvalue weighted by atomic mass is 16.4. The summed E-state index contributed by atoms with van der Waals surface area (Å²) in [5.41, 5.74) is -0.727. The van der Waals surface area contributed by atoms with Gasteiger partial charge in [-0.2, -0.15) is 0 Å². The van der Waals surface area contributed by atoms with Gasteiger partial charge in [0.25, 0.3) is 7.48 Å². The molecule has 0 saturated heterocycles. The Morgan fingerprint density at radius 3 is 2.93 bits per heavy atom. The first-order chi connectivity index (χ1) is 7.17. The highest BCUT2D eigenvalue weighted by Gasteiger charge is 2.47. The summed E-state index contributed by atoms with van der Waals surface area (Å²) >= 11 is 0. The molecule has 15 heavy (non-hydrogen) atoms. The van der Waals surface area contributed by atoms with Gasteiger partial charge in [0.15, 0.2) is 0 Å². The Labute approximate surface area is 91.3 Å². The second-order valence-corrected chi connectivity index (χ2v) is 4.23. The molecule has 0 aliphatic heterocycles. The largest absolute Gasteiger partial charge is 0.480 e. The van der Waals surface area contributed by atoms with Crippen LogP contribution in [0.25, 0.3) is 0 Å². The topological polar surface area (TPSA) is 69.6 Å². The van der Waals surface area contributed by atoms with Crippen LogP contribution in [0.1, 0.15) is 32.1 Å². The molecular formula is C10H19BNO3. The zero-order valence-corrected chi connectivity index (χ0v) is 9.20. The number of hydrogen-bond acceptors (Lipinski definition) is 3. The number of likely N-dealkylation sites (N-methyl/N-ethyl adjacent to an activating group) is 1. The summed E-state index contributed by atoms with van der Waals surface area (Å²) in [7, 11) is 2.88. The molecule has 1 rings (SSSR count). The monoisotopic (exact) mass is 212 g/mol. The molecule has 0 spiro atoms. The summed E-state index contributed by atoms with van der Waals surface area (Å²) in [6.45, 7) is 0. The predicted octanol–water partition coefficient (Wildman–Crippen LogP) is 0.639. The van der Waals surface area contributed by atoms with E-state index < -0.39 is 11.5 Å². The third kappa shape index (κ3) is 2.52. The lowest BCUT2D eigenvalue weighted by Gasteiger charge is -2.31. The van der Waals surface area contributed by atoms with E-state index >= 15 is 0 Å². The number of hydrogen-bond donors (Lipinski definition) is 3. The van der Waals surface area contributed by atoms with Crippen LogP contribution >= 0.6 is 0 Å². The number of carbonyl (C=O) groups is 1. The third-order valence-electron chi connectivity index (χ3n) is 3.53. The number of carboxylic acids is 1. The molecule has 3 N–H and O–H groups in total. The van der Waals surface area contributed by atoms with Crippen molar-refractivity contribution in [1.82, 2.24) is 5.32 Å². The van der Waals surface area contributed by atoms with Crippen LogP contribution in [0.5, 0.6) is 0 Å². The summed E-state index contributed by atoms with van der Waals surface area (Å²) in [6.07, 6.45) is 5.03. The Kier molecular flexibility index (Phi) is 4.60. The van der Waals surface area contributed by atoms with Crippen LogP contribution in [0.15, 0.2) is 0 Å². The summed E-state index contributed by atoms with van der Waals surface area (Å²) in [4.78, 5) is 11.3. The van der Waals surface area contributed by atoms with Crippen molar-refractivity contribution in [1.29, 1.82) is 0 Å². The molecule has 0 bridgehead atoms. The van der Waals surface area contributed by atoms with E-state index in [-0.39, 0.29) is 5.92 Å². The minimum Gasteiger partial charge on any atom is -0.480 e. The van der Waals surface area contributed by atoms with Gasteiger partial charge in [0.1, 0.15) is 5.54 Å². The van der Waals surface area contributed by atoms with E-state index in [1.807, 2.05) is 0 Å². The van der Waals surface area contributed by atoms with Gasteiger partial charge < -0.3 is 15.4 Å². The van der Waals surface area contributed by atoms with Crippen LogP contribution in [-0.2, 0) is 4.79 Å². The molecule has 4 nitrogen and oxygen atoms in total. The highest BCUT2D eigenvalue weighted by molar-refractivity contribution is 6.25. The van der Waals surface area contributed by atoms with Gasteiger partial charge in [-0.05, 0) is 32.2 Å². The molecule has 0 aromatic rings. The van der Waals surface area contributed by atoms with E-state index in [9.17, 15) is 9.90 Å². The van der Waals surface area contributed by atoms with Crippen LogP contribution < -0.4 is 5.32 Å². The summed E-state index contributed by atoms with van der Waals surface area (Å²) < 4.78 is 0. The summed E-state index contributed by atoms with van der Waals surface area (Å²) in [5, 5.41) is 20.8. The first-order valence-corrected chi connectivity index (χ1v) is 5.55. The van der Waals surface area contributed by atoms with Crippen molar-refractivity contribution in [3.63, 3.8) is 0 Å². The van der Waals surface area contributed by atoms with Crippen molar-refractivity contribution in [3.05, 3.63) is 0 Å². The fraction of sp³-hybridized carbons (Fsp3) is 0.900. The molecule has 1 fully saturated rings. The number of rotatable bonds is 6. The SMILES string of the molecule is CN[C@@]1(C(=O)O)CCC[C@@H]1CCC[B]O. The fourth-order valence-corrected chi connectivity index (χ4v) is 2.64. The van der Waals surface area contributed by atoms with Crippen LogP contribution in [-0.4, -0.2) is 36.2 Å². The van der Waals surface area contributed by atoms with Crippen molar-refractivity contribution >= 4 is 13.5 Å². The van der Waals surface area contributed by atoms with E-state index in [0.717, 1.165) is 33.2 Å². The normalized spacial score (nSPS) is 30.4. The number of nitrogens with one attached hydrogen (secondary N) is 1. The molecule has 1 saturated carbocycles. The van der Waals surface area contributed by atoms with Gasteiger partial charge in [-0.15, -0.1) is 0 Å². The van der Waals surface area contributed by atoms with Gasteiger partial charge in [-0.1, -0.05) is 19.2 Å². The van der Waals surface area contributed by atoms with Gasteiger partial charge in [0.2, 0.25) is 0 Å². The predicted molar refractivity (Wildman–Crippen MR) is 58.8 cm³/mol. The molecule has 1 aliphatic carbocycles. The Hall–Kier alpha value is -0.545. The second kappa shape index (κ2) is 5.51. The van der Waals surface area contributed by atoms with Gasteiger partial charge >= 0.3 is 5.97 Å². The minimum atomic E-state index is -0.736. The zero-order chi connectivity index (χ0) is 11.3. The van der Waals surface area contributed by atoms with E-state index in [1.54, 1.807) is 7.05 Å². The van der Waals surface area contributed by atoms with Crippen molar-refractivity contribution in [3.8, 4) is 0 Å². The molecule has 85 valence electrons. The Morgan fingerprint density at radius 2 is 2.40 bits per heavy atom. The van der Waals surface area contributed by atoms with E-state index in [2.05, 4.69) is 5.32 Å². The smallest absolute Gasteiger partial charge is 0.324 e. The van der Waals surface area contributed by atoms with Crippen molar-refractivity contribution in [2.24, 2.45) is 5.92 Å². The zero-order valence-electron chi connectivity index (χ0n) is 9.20. The lowest BCUT2D eigenvalue weighted by atomic mass is 9.81. The lowest BCUT2D eigenvalue weighted by molar-refractivity contribution is -0.146. The van der Waals surface area contributed by atoms with Crippen molar-refractivity contribution in [2.75, 3.05) is 7.05 Å². The molecule has 0 unspecified atom stereocenters. The van der Waals surface area contributed by atoms with Crippen LogP contribution in [0, 0.1) is 5.92 Å². The molecule has 1 radical (unpaired) electrons. The summed E-state index contributed by atoms with van der Waals surface area (Å²) in [6, 6.07) is 0. The molecule has 1 aliphatic rings. The van der Waals surface area contributed by atoms with E-state index in [4.69, 9.17) is 5.02 Å². The average Bonchev–Trinajstić information content (AvgIpc) is 2.62. The van der Waals surface area contributed by atoms with Gasteiger partial charge in [0, 0.05) is 0 Å². The van der Waals surface area contributed by atoms with Crippen molar-refractivity contribution < 1.29 is 14.9 Å². The fourth-order valence-electron chi connectivity index (χ4n) is 2.64. The minimum absolute atomic E-state index is 0.194. The average molecular weight is 212 g/mol. The third-order valence-corrected chi connectivity index (χ3v) is 3.53. The molecule has 2 atom stereocenters. The highest BCUT2D eigenvalue weighted by Crippen LogP contribution is 2.38. The number of aliphatic carboxylic acids is 1. The van der Waals surface area contributed by atoms with E-state index in [0.29, 0.717) is 12.7 Å². The first kappa shape index (κ1) is 12.5. The molecule has 0 aromatic carbocycles. The van der Waals surface area contributed by atoms with Crippen LogP contribution in [0.4, 0.5) is 0 Å². The van der Waals surface area contributed by atoms with Gasteiger partial charge in [-0.25, -0.2) is 0 Å². The standard InChI is InChI=1S/C10H19BNO3/c1-12-10(9(13)14)6-2-4-8(10)5-3-7-11-15/h8,12,15H,2-7H2,1H3,(H,13,14)/t8-,10+/m1/s1. The Balaban J connectivity index is 2.57. The lowest BCUT2D eigenvalue weighted by Crippen LogP contribution is -2.53. The maximum absolute atomic E-state index is 11.3. The number of carboxylic acid groups (broad SMARTS) is 1. The molecule has 0 amide bonds. The maximum atomic E-state index is 11.3.